The van der Waals surface area contributed by atoms with Gasteiger partial charge in [-0.05, 0) is 30.5 Å². The Kier molecular flexibility index (Phi) is 4.29. The molecule has 0 bridgehead atoms. The van der Waals surface area contributed by atoms with Gasteiger partial charge in [-0.25, -0.2) is 0 Å². The molecule has 1 saturated carbocycles. The molecule has 0 amide bonds. The van der Waals surface area contributed by atoms with Gasteiger partial charge in [0.05, 0.1) is 5.56 Å². The van der Waals surface area contributed by atoms with E-state index < -0.39 is 11.7 Å². The maximum absolute atomic E-state index is 13.1. The normalized spacial score (nSPS) is 16.9. The number of benzene rings is 1. The molecule has 106 valence electrons. The summed E-state index contributed by atoms with van der Waals surface area (Å²) >= 11 is 5.63. The molecule has 0 spiro atoms. The van der Waals surface area contributed by atoms with Crippen molar-refractivity contribution >= 4 is 17.3 Å². The molecule has 1 aromatic rings. The summed E-state index contributed by atoms with van der Waals surface area (Å²) in [6.45, 7) is 0. The molecule has 1 aliphatic rings. The van der Waals surface area contributed by atoms with Crippen LogP contribution in [0, 0.1) is 0 Å². The third-order valence-electron chi connectivity index (χ3n) is 3.77. The maximum atomic E-state index is 13.1. The van der Waals surface area contributed by atoms with Crippen molar-refractivity contribution in [3.63, 3.8) is 0 Å². The van der Waals surface area contributed by atoms with Gasteiger partial charge in [-0.2, -0.15) is 13.2 Å². The Morgan fingerprint density at radius 1 is 1.26 bits per heavy atom. The van der Waals surface area contributed by atoms with Crippen molar-refractivity contribution < 1.29 is 13.2 Å². The van der Waals surface area contributed by atoms with Crippen molar-refractivity contribution in [1.82, 2.24) is 0 Å². The number of anilines is 1. The molecule has 1 fully saturated rings. The summed E-state index contributed by atoms with van der Waals surface area (Å²) < 4.78 is 39.4. The van der Waals surface area contributed by atoms with Crippen molar-refractivity contribution in [3.05, 3.63) is 29.3 Å². The van der Waals surface area contributed by atoms with Crippen molar-refractivity contribution in [2.45, 2.75) is 43.8 Å². The van der Waals surface area contributed by atoms with Gasteiger partial charge in [0.1, 0.15) is 0 Å². The largest absolute Gasteiger partial charge is 0.418 e. The van der Waals surface area contributed by atoms with E-state index in [1.807, 2.05) is 0 Å². The molecule has 0 aromatic heterocycles. The number of rotatable bonds is 3. The van der Waals surface area contributed by atoms with Gasteiger partial charge >= 0.3 is 6.18 Å². The zero-order chi connectivity index (χ0) is 14.0. The third-order valence-corrected chi connectivity index (χ3v) is 4.08. The Bertz CT molecular complexity index is 439. The fourth-order valence-corrected chi connectivity index (χ4v) is 2.86. The topological polar surface area (TPSA) is 3.24 Å². The van der Waals surface area contributed by atoms with Gasteiger partial charge in [0.25, 0.3) is 0 Å². The van der Waals surface area contributed by atoms with Crippen LogP contribution in [-0.2, 0) is 12.1 Å². The van der Waals surface area contributed by atoms with Crippen LogP contribution in [0.2, 0.25) is 0 Å². The van der Waals surface area contributed by atoms with Crippen LogP contribution in [-0.4, -0.2) is 13.1 Å². The predicted molar refractivity (Wildman–Crippen MR) is 71.7 cm³/mol. The zero-order valence-electron chi connectivity index (χ0n) is 10.8. The number of hydrogen-bond donors (Lipinski definition) is 0. The Labute approximate surface area is 116 Å². The van der Waals surface area contributed by atoms with E-state index in [-0.39, 0.29) is 17.6 Å². The Balaban J connectivity index is 2.38. The quantitative estimate of drug-likeness (QED) is 0.722. The standard InChI is InChI=1S/C14H17ClF3N/c1-19(11-4-2-3-5-11)13-7-6-10(9-15)8-12(13)14(16,17)18/h6-8,11H,2-5,9H2,1H3. The summed E-state index contributed by atoms with van der Waals surface area (Å²) in [7, 11) is 1.75. The summed E-state index contributed by atoms with van der Waals surface area (Å²) in [5.74, 6) is 0.0938. The van der Waals surface area contributed by atoms with Gasteiger partial charge in [-0.15, -0.1) is 11.6 Å². The maximum Gasteiger partial charge on any atom is 0.418 e. The molecule has 19 heavy (non-hydrogen) atoms. The zero-order valence-corrected chi connectivity index (χ0v) is 11.6. The van der Waals surface area contributed by atoms with Crippen LogP contribution in [0.25, 0.3) is 0 Å². The monoisotopic (exact) mass is 291 g/mol. The van der Waals surface area contributed by atoms with Gasteiger partial charge in [-0.3, -0.25) is 0 Å². The second-order valence-corrected chi connectivity index (χ2v) is 5.30. The van der Waals surface area contributed by atoms with Crippen LogP contribution in [0.4, 0.5) is 18.9 Å². The summed E-state index contributed by atoms with van der Waals surface area (Å²) in [6, 6.07) is 4.58. The minimum Gasteiger partial charge on any atom is -0.371 e. The third kappa shape index (κ3) is 3.16. The molecule has 0 radical (unpaired) electrons. The van der Waals surface area contributed by atoms with Crippen molar-refractivity contribution in [2.24, 2.45) is 0 Å². The lowest BCUT2D eigenvalue weighted by Gasteiger charge is -2.29. The van der Waals surface area contributed by atoms with Gasteiger partial charge in [0.2, 0.25) is 0 Å². The fraction of sp³-hybridized carbons (Fsp3) is 0.571. The Morgan fingerprint density at radius 3 is 2.42 bits per heavy atom. The molecule has 0 aliphatic heterocycles. The first kappa shape index (κ1) is 14.5. The molecule has 0 heterocycles. The van der Waals surface area contributed by atoms with Crippen molar-refractivity contribution in [2.75, 3.05) is 11.9 Å². The molecule has 1 aromatic carbocycles. The van der Waals surface area contributed by atoms with Gasteiger partial charge < -0.3 is 4.90 Å². The smallest absolute Gasteiger partial charge is 0.371 e. The number of hydrogen-bond acceptors (Lipinski definition) is 1. The minimum absolute atomic E-state index is 0.0938. The highest BCUT2D eigenvalue weighted by molar-refractivity contribution is 6.17. The lowest BCUT2D eigenvalue weighted by atomic mass is 10.1. The van der Waals surface area contributed by atoms with Gasteiger partial charge in [-0.1, -0.05) is 18.9 Å². The van der Waals surface area contributed by atoms with Gasteiger partial charge in [0.15, 0.2) is 0 Å². The van der Waals surface area contributed by atoms with E-state index in [9.17, 15) is 13.2 Å². The highest BCUT2D eigenvalue weighted by Crippen LogP contribution is 2.39. The van der Waals surface area contributed by atoms with E-state index in [0.717, 1.165) is 31.7 Å². The first-order valence-electron chi connectivity index (χ1n) is 6.42. The Morgan fingerprint density at radius 2 is 1.89 bits per heavy atom. The minimum atomic E-state index is -4.34. The SMILES string of the molecule is CN(c1ccc(CCl)cc1C(F)(F)F)C1CCCC1. The first-order valence-corrected chi connectivity index (χ1v) is 6.96. The number of alkyl halides is 4. The molecule has 0 N–H and O–H groups in total. The molecular formula is C14H17ClF3N. The van der Waals surface area contributed by atoms with Crippen molar-refractivity contribution in [1.29, 1.82) is 0 Å². The van der Waals surface area contributed by atoms with Crippen LogP contribution in [0.15, 0.2) is 18.2 Å². The average molecular weight is 292 g/mol. The first-order chi connectivity index (χ1) is 8.93. The van der Waals surface area contributed by atoms with E-state index in [4.69, 9.17) is 11.6 Å². The summed E-state index contributed by atoms with van der Waals surface area (Å²) in [4.78, 5) is 1.77. The number of halogens is 4. The van der Waals surface area contributed by atoms with Crippen LogP contribution < -0.4 is 4.90 Å². The Hall–Kier alpha value is -0.900. The lowest BCUT2D eigenvalue weighted by molar-refractivity contribution is -0.137. The average Bonchev–Trinajstić information content (AvgIpc) is 2.90. The molecule has 0 atom stereocenters. The van der Waals surface area contributed by atoms with Crippen molar-refractivity contribution in [3.8, 4) is 0 Å². The summed E-state index contributed by atoms with van der Waals surface area (Å²) in [5, 5.41) is 0. The van der Waals surface area contributed by atoms with Crippen LogP contribution in [0.5, 0.6) is 0 Å². The summed E-state index contributed by atoms with van der Waals surface area (Å²) in [5.41, 5.74) is 0.172. The van der Waals surface area contributed by atoms with Gasteiger partial charge in [0, 0.05) is 24.7 Å². The van der Waals surface area contributed by atoms with E-state index in [1.165, 1.54) is 0 Å². The van der Waals surface area contributed by atoms with Crippen LogP contribution in [0.1, 0.15) is 36.8 Å². The number of nitrogens with zero attached hydrogens (tertiary/aromatic N) is 1. The lowest BCUT2D eigenvalue weighted by Crippen LogP contribution is -2.30. The highest BCUT2D eigenvalue weighted by Gasteiger charge is 2.36. The fourth-order valence-electron chi connectivity index (χ4n) is 2.69. The summed E-state index contributed by atoms with van der Waals surface area (Å²) in [6.07, 6.45) is -0.230. The van der Waals surface area contributed by atoms with E-state index in [2.05, 4.69) is 0 Å². The molecule has 1 nitrogen and oxygen atoms in total. The molecular weight excluding hydrogens is 275 g/mol. The molecule has 0 saturated heterocycles. The predicted octanol–water partition coefficient (Wildman–Crippen LogP) is 4.82. The molecule has 2 rings (SSSR count). The second kappa shape index (κ2) is 5.61. The van der Waals surface area contributed by atoms with E-state index >= 15 is 0 Å². The van der Waals surface area contributed by atoms with Crippen LogP contribution in [0.3, 0.4) is 0 Å². The van der Waals surface area contributed by atoms with Crippen LogP contribution >= 0.6 is 11.6 Å². The molecule has 1 aliphatic carbocycles. The highest BCUT2D eigenvalue weighted by atomic mass is 35.5. The van der Waals surface area contributed by atoms with E-state index in [0.29, 0.717) is 5.56 Å². The van der Waals surface area contributed by atoms with E-state index in [1.54, 1.807) is 24.1 Å². The molecule has 0 unspecified atom stereocenters. The second-order valence-electron chi connectivity index (χ2n) is 5.03. The molecule has 5 heteroatoms.